The maximum atomic E-state index is 12.1. The van der Waals surface area contributed by atoms with Crippen LogP contribution in [0.3, 0.4) is 0 Å². The summed E-state index contributed by atoms with van der Waals surface area (Å²) in [6.07, 6.45) is 4.67. The number of hydrogen-bond donors (Lipinski definition) is 1. The second-order valence-corrected chi connectivity index (χ2v) is 7.20. The van der Waals surface area contributed by atoms with E-state index in [1.54, 1.807) is 0 Å². The molecule has 5 nitrogen and oxygen atoms in total. The summed E-state index contributed by atoms with van der Waals surface area (Å²) >= 11 is 1.46. The number of amides is 1. The lowest BCUT2D eigenvalue weighted by Gasteiger charge is -2.11. The first-order valence-corrected chi connectivity index (χ1v) is 9.58. The average Bonchev–Trinajstić information content (AvgIpc) is 3.22. The number of carbonyl (C=O) groups is 1. The van der Waals surface area contributed by atoms with Crippen LogP contribution >= 0.6 is 11.8 Å². The van der Waals surface area contributed by atoms with Gasteiger partial charge in [-0.25, -0.2) is 0 Å². The molecule has 1 saturated carbocycles. The third-order valence-corrected chi connectivity index (χ3v) is 5.36. The van der Waals surface area contributed by atoms with Gasteiger partial charge in [0.25, 0.3) is 0 Å². The summed E-state index contributed by atoms with van der Waals surface area (Å²) in [5, 5.41) is 12.5. The number of thioether (sulfide) groups is 1. The Morgan fingerprint density at radius 2 is 1.96 bits per heavy atom. The molecule has 3 rings (SSSR count). The third kappa shape index (κ3) is 3.98. The Hall–Kier alpha value is -1.82. The van der Waals surface area contributed by atoms with Crippen LogP contribution in [0.4, 0.5) is 0 Å². The number of aryl methyl sites for hydroxylation is 1. The van der Waals surface area contributed by atoms with Gasteiger partial charge in [0, 0.05) is 18.2 Å². The van der Waals surface area contributed by atoms with Crippen LogP contribution in [0.1, 0.15) is 38.2 Å². The van der Waals surface area contributed by atoms with Gasteiger partial charge in [-0.2, -0.15) is 0 Å². The van der Waals surface area contributed by atoms with Gasteiger partial charge in [0.15, 0.2) is 11.0 Å². The van der Waals surface area contributed by atoms with Crippen molar-refractivity contribution in [3.05, 3.63) is 29.8 Å². The Morgan fingerprint density at radius 1 is 1.25 bits per heavy atom. The topological polar surface area (TPSA) is 59.8 Å². The molecular formula is C18H24N4OS. The van der Waals surface area contributed by atoms with Crippen molar-refractivity contribution >= 4 is 17.7 Å². The van der Waals surface area contributed by atoms with E-state index in [4.69, 9.17) is 0 Å². The number of rotatable bonds is 6. The Balaban J connectivity index is 1.65. The molecule has 2 aromatic rings. The zero-order chi connectivity index (χ0) is 16.9. The minimum atomic E-state index is 0.0921. The molecule has 0 spiro atoms. The van der Waals surface area contributed by atoms with Gasteiger partial charge in [-0.1, -0.05) is 54.4 Å². The van der Waals surface area contributed by atoms with E-state index in [0.29, 0.717) is 11.8 Å². The van der Waals surface area contributed by atoms with Gasteiger partial charge in [0.05, 0.1) is 5.75 Å². The molecule has 1 N–H and O–H groups in total. The zero-order valence-electron chi connectivity index (χ0n) is 14.3. The molecule has 0 radical (unpaired) electrons. The fourth-order valence-corrected chi connectivity index (χ4v) is 3.88. The van der Waals surface area contributed by atoms with E-state index in [1.165, 1.54) is 30.2 Å². The van der Waals surface area contributed by atoms with E-state index >= 15 is 0 Å². The second-order valence-electron chi connectivity index (χ2n) is 6.25. The lowest BCUT2D eigenvalue weighted by atomic mass is 10.1. The molecule has 0 bridgehead atoms. The van der Waals surface area contributed by atoms with Crippen molar-refractivity contribution in [3.63, 3.8) is 0 Å². The highest BCUT2D eigenvalue weighted by molar-refractivity contribution is 7.99. The summed E-state index contributed by atoms with van der Waals surface area (Å²) < 4.78 is 2.07. The Kier molecular flexibility index (Phi) is 5.56. The van der Waals surface area contributed by atoms with Gasteiger partial charge in [-0.15, -0.1) is 10.2 Å². The monoisotopic (exact) mass is 344 g/mol. The van der Waals surface area contributed by atoms with Crippen molar-refractivity contribution in [1.82, 2.24) is 20.1 Å². The van der Waals surface area contributed by atoms with Gasteiger partial charge in [0.2, 0.25) is 5.91 Å². The highest BCUT2D eigenvalue weighted by Crippen LogP contribution is 2.24. The standard InChI is InChI=1S/C18H24N4OS/c1-3-22-17(14-10-8-13(2)9-11-14)20-21-18(22)24-12-16(23)19-15-6-4-5-7-15/h8-11,15H,3-7,12H2,1-2H3,(H,19,23). The molecule has 24 heavy (non-hydrogen) atoms. The Morgan fingerprint density at radius 3 is 2.62 bits per heavy atom. The normalized spacial score (nSPS) is 14.9. The van der Waals surface area contributed by atoms with Gasteiger partial charge >= 0.3 is 0 Å². The number of nitrogens with one attached hydrogen (secondary N) is 1. The molecule has 1 amide bonds. The van der Waals surface area contributed by atoms with Crippen LogP contribution in [0.15, 0.2) is 29.4 Å². The molecule has 1 fully saturated rings. The number of benzene rings is 1. The SMILES string of the molecule is CCn1c(SCC(=O)NC2CCCC2)nnc1-c1ccc(C)cc1. The third-order valence-electron chi connectivity index (χ3n) is 4.40. The lowest BCUT2D eigenvalue weighted by Crippen LogP contribution is -2.33. The molecule has 0 saturated heterocycles. The maximum Gasteiger partial charge on any atom is 0.230 e. The molecule has 0 atom stereocenters. The second kappa shape index (κ2) is 7.83. The van der Waals surface area contributed by atoms with E-state index in [2.05, 4.69) is 58.2 Å². The summed E-state index contributed by atoms with van der Waals surface area (Å²) in [5.74, 6) is 1.34. The molecule has 1 heterocycles. The van der Waals surface area contributed by atoms with Crippen LogP contribution in [-0.4, -0.2) is 32.5 Å². The summed E-state index contributed by atoms with van der Waals surface area (Å²) in [7, 11) is 0. The van der Waals surface area contributed by atoms with E-state index in [0.717, 1.165) is 35.9 Å². The first kappa shape index (κ1) is 17.0. The van der Waals surface area contributed by atoms with Crippen molar-refractivity contribution in [1.29, 1.82) is 0 Å². The quantitative estimate of drug-likeness (QED) is 0.816. The van der Waals surface area contributed by atoms with Crippen LogP contribution < -0.4 is 5.32 Å². The van der Waals surface area contributed by atoms with E-state index in [1.807, 2.05) is 0 Å². The van der Waals surface area contributed by atoms with Crippen LogP contribution in [0.25, 0.3) is 11.4 Å². The van der Waals surface area contributed by atoms with Crippen LogP contribution in [-0.2, 0) is 11.3 Å². The molecule has 0 aliphatic heterocycles. The minimum Gasteiger partial charge on any atom is -0.353 e. The molecule has 1 aromatic carbocycles. The zero-order valence-corrected chi connectivity index (χ0v) is 15.1. The lowest BCUT2D eigenvalue weighted by molar-refractivity contribution is -0.119. The van der Waals surface area contributed by atoms with Crippen LogP contribution in [0, 0.1) is 6.92 Å². The highest BCUT2D eigenvalue weighted by atomic mass is 32.2. The van der Waals surface area contributed by atoms with E-state index < -0.39 is 0 Å². The van der Waals surface area contributed by atoms with Gasteiger partial charge in [0.1, 0.15) is 0 Å². The number of carbonyl (C=O) groups excluding carboxylic acids is 1. The molecular weight excluding hydrogens is 320 g/mol. The van der Waals surface area contributed by atoms with Crippen LogP contribution in [0.2, 0.25) is 0 Å². The maximum absolute atomic E-state index is 12.1. The number of nitrogens with zero attached hydrogens (tertiary/aromatic N) is 3. The largest absolute Gasteiger partial charge is 0.353 e. The van der Waals surface area contributed by atoms with Crippen molar-refractivity contribution in [2.75, 3.05) is 5.75 Å². The predicted molar refractivity (Wildman–Crippen MR) is 97.0 cm³/mol. The predicted octanol–water partition coefficient (Wildman–Crippen LogP) is 3.42. The molecule has 1 aliphatic rings. The highest BCUT2D eigenvalue weighted by Gasteiger charge is 2.18. The number of hydrogen-bond acceptors (Lipinski definition) is 4. The first-order valence-electron chi connectivity index (χ1n) is 8.59. The summed E-state index contributed by atoms with van der Waals surface area (Å²) in [5.41, 5.74) is 2.27. The number of aromatic nitrogens is 3. The smallest absolute Gasteiger partial charge is 0.230 e. The fraction of sp³-hybridized carbons (Fsp3) is 0.500. The molecule has 128 valence electrons. The van der Waals surface area contributed by atoms with Crippen LogP contribution in [0.5, 0.6) is 0 Å². The van der Waals surface area contributed by atoms with Gasteiger partial charge < -0.3 is 9.88 Å². The molecule has 6 heteroatoms. The molecule has 1 aliphatic carbocycles. The van der Waals surface area contributed by atoms with E-state index in [9.17, 15) is 4.79 Å². The van der Waals surface area contributed by atoms with Crippen molar-refractivity contribution in [2.45, 2.75) is 57.3 Å². The Bertz CT molecular complexity index is 690. The van der Waals surface area contributed by atoms with Crippen molar-refractivity contribution in [2.24, 2.45) is 0 Å². The van der Waals surface area contributed by atoms with Gasteiger partial charge in [-0.3, -0.25) is 4.79 Å². The first-order chi connectivity index (χ1) is 11.7. The molecule has 0 unspecified atom stereocenters. The fourth-order valence-electron chi connectivity index (χ4n) is 3.07. The summed E-state index contributed by atoms with van der Waals surface area (Å²) in [6.45, 7) is 4.92. The van der Waals surface area contributed by atoms with Gasteiger partial charge in [-0.05, 0) is 26.7 Å². The summed E-state index contributed by atoms with van der Waals surface area (Å²) in [4.78, 5) is 12.1. The van der Waals surface area contributed by atoms with E-state index in [-0.39, 0.29) is 5.91 Å². The molecule has 1 aromatic heterocycles. The Labute approximate surface area is 147 Å². The van der Waals surface area contributed by atoms with Crippen molar-refractivity contribution < 1.29 is 4.79 Å². The minimum absolute atomic E-state index is 0.0921. The summed E-state index contributed by atoms with van der Waals surface area (Å²) in [6, 6.07) is 8.64. The van der Waals surface area contributed by atoms with Crippen molar-refractivity contribution in [3.8, 4) is 11.4 Å². The average molecular weight is 344 g/mol.